The molecule has 2 rings (SSSR count). The third kappa shape index (κ3) is 3.46. The molecular weight excluding hydrogens is 238 g/mol. The Balaban J connectivity index is 1.94. The molecule has 0 amide bonds. The van der Waals surface area contributed by atoms with Crippen molar-refractivity contribution < 1.29 is 8.42 Å². The Kier molecular flexibility index (Phi) is 3.71. The van der Waals surface area contributed by atoms with Gasteiger partial charge in [-0.1, -0.05) is 12.8 Å². The molecule has 17 heavy (non-hydrogen) atoms. The van der Waals surface area contributed by atoms with E-state index in [2.05, 4.69) is 14.9 Å². The van der Waals surface area contributed by atoms with Crippen LogP contribution < -0.4 is 5.32 Å². The Hall–Kier alpha value is -1.04. The average molecular weight is 257 g/mol. The molecule has 0 atom stereocenters. The van der Waals surface area contributed by atoms with Crippen LogP contribution in [0.15, 0.2) is 12.4 Å². The molecule has 1 N–H and O–H groups in total. The second kappa shape index (κ2) is 5.08. The highest BCUT2D eigenvalue weighted by Crippen LogP contribution is 2.31. The molecular formula is C11H19N3O2S. The topological polar surface area (TPSA) is 64.0 Å². The van der Waals surface area contributed by atoms with Crippen LogP contribution in [0, 0.1) is 0 Å². The molecule has 1 aromatic rings. The summed E-state index contributed by atoms with van der Waals surface area (Å²) in [6.45, 7) is 0.419. The number of rotatable bonds is 5. The second-order valence-electron chi connectivity index (χ2n) is 4.65. The summed E-state index contributed by atoms with van der Waals surface area (Å²) in [5, 5.41) is 3.10. The predicted molar refractivity (Wildman–Crippen MR) is 67.9 cm³/mol. The minimum Gasteiger partial charge on any atom is -0.355 e. The highest BCUT2D eigenvalue weighted by atomic mass is 32.2. The van der Waals surface area contributed by atoms with Gasteiger partial charge in [0.25, 0.3) is 0 Å². The summed E-state index contributed by atoms with van der Waals surface area (Å²) < 4.78 is 24.2. The lowest BCUT2D eigenvalue weighted by molar-refractivity contribution is 0.523. The van der Waals surface area contributed by atoms with Crippen molar-refractivity contribution in [1.82, 2.24) is 9.55 Å². The van der Waals surface area contributed by atoms with Gasteiger partial charge < -0.3 is 9.88 Å². The predicted octanol–water partition coefficient (Wildman–Crippen LogP) is 1.45. The van der Waals surface area contributed by atoms with Gasteiger partial charge in [0.2, 0.25) is 5.95 Å². The SMILES string of the molecule is CS(=O)(=O)CCNc1nccn1C1CCCC1. The van der Waals surface area contributed by atoms with E-state index in [9.17, 15) is 8.42 Å². The second-order valence-corrected chi connectivity index (χ2v) is 6.91. The minimum atomic E-state index is -2.91. The molecule has 96 valence electrons. The van der Waals surface area contributed by atoms with E-state index >= 15 is 0 Å². The van der Waals surface area contributed by atoms with Crippen molar-refractivity contribution in [2.24, 2.45) is 0 Å². The summed E-state index contributed by atoms with van der Waals surface area (Å²) in [6, 6.07) is 0.526. The van der Waals surface area contributed by atoms with Gasteiger partial charge in [-0.15, -0.1) is 0 Å². The molecule has 1 aromatic heterocycles. The Labute approximate surface area is 102 Å². The molecule has 1 aliphatic rings. The van der Waals surface area contributed by atoms with Crippen LogP contribution in [0.1, 0.15) is 31.7 Å². The summed E-state index contributed by atoms with van der Waals surface area (Å²) in [5.41, 5.74) is 0. The van der Waals surface area contributed by atoms with Gasteiger partial charge in [-0.3, -0.25) is 0 Å². The number of hydrogen-bond donors (Lipinski definition) is 1. The first kappa shape index (κ1) is 12.4. The first-order chi connectivity index (χ1) is 8.06. The Morgan fingerprint density at radius 1 is 1.47 bits per heavy atom. The highest BCUT2D eigenvalue weighted by molar-refractivity contribution is 7.90. The summed E-state index contributed by atoms with van der Waals surface area (Å²) in [6.07, 6.45) is 9.91. The Bertz CT molecular complexity index is 461. The molecule has 1 aliphatic carbocycles. The normalized spacial score (nSPS) is 17.5. The first-order valence-electron chi connectivity index (χ1n) is 6.01. The quantitative estimate of drug-likeness (QED) is 0.867. The zero-order valence-corrected chi connectivity index (χ0v) is 10.9. The molecule has 0 spiro atoms. The van der Waals surface area contributed by atoms with Gasteiger partial charge in [-0.25, -0.2) is 13.4 Å². The van der Waals surface area contributed by atoms with Crippen LogP contribution >= 0.6 is 0 Å². The zero-order valence-electron chi connectivity index (χ0n) is 10.1. The van der Waals surface area contributed by atoms with Crippen LogP contribution in [0.4, 0.5) is 5.95 Å². The third-order valence-electron chi connectivity index (χ3n) is 3.14. The molecule has 0 radical (unpaired) electrons. The van der Waals surface area contributed by atoms with Crippen molar-refractivity contribution >= 4 is 15.8 Å². The van der Waals surface area contributed by atoms with E-state index in [4.69, 9.17) is 0 Å². The van der Waals surface area contributed by atoms with E-state index < -0.39 is 9.84 Å². The number of nitrogens with zero attached hydrogens (tertiary/aromatic N) is 2. The van der Waals surface area contributed by atoms with Gasteiger partial charge in [0.05, 0.1) is 5.75 Å². The molecule has 0 bridgehead atoms. The maximum absolute atomic E-state index is 11.0. The Morgan fingerprint density at radius 2 is 2.18 bits per heavy atom. The smallest absolute Gasteiger partial charge is 0.203 e. The van der Waals surface area contributed by atoms with Crippen molar-refractivity contribution in [2.45, 2.75) is 31.7 Å². The maximum atomic E-state index is 11.0. The molecule has 0 unspecified atom stereocenters. The fourth-order valence-corrected chi connectivity index (χ4v) is 2.75. The largest absolute Gasteiger partial charge is 0.355 e. The Morgan fingerprint density at radius 3 is 2.82 bits per heavy atom. The number of aromatic nitrogens is 2. The monoisotopic (exact) mass is 257 g/mol. The van der Waals surface area contributed by atoms with Crippen LogP contribution in [0.25, 0.3) is 0 Å². The molecule has 6 heteroatoms. The molecule has 0 aromatic carbocycles. The van der Waals surface area contributed by atoms with Crippen molar-refractivity contribution in [3.63, 3.8) is 0 Å². The fraction of sp³-hybridized carbons (Fsp3) is 0.727. The molecule has 0 saturated heterocycles. The summed E-state index contributed by atoms with van der Waals surface area (Å²) in [7, 11) is -2.91. The van der Waals surface area contributed by atoms with Crippen molar-refractivity contribution in [2.75, 3.05) is 23.9 Å². The fourth-order valence-electron chi connectivity index (χ4n) is 2.28. The van der Waals surface area contributed by atoms with Gasteiger partial charge in [0.15, 0.2) is 0 Å². The lowest BCUT2D eigenvalue weighted by Crippen LogP contribution is -2.17. The van der Waals surface area contributed by atoms with E-state index in [0.29, 0.717) is 12.6 Å². The number of hydrogen-bond acceptors (Lipinski definition) is 4. The van der Waals surface area contributed by atoms with Gasteiger partial charge in [0.1, 0.15) is 9.84 Å². The van der Waals surface area contributed by atoms with Crippen molar-refractivity contribution in [3.8, 4) is 0 Å². The molecule has 5 nitrogen and oxygen atoms in total. The molecule has 1 saturated carbocycles. The van der Waals surface area contributed by atoms with Gasteiger partial charge in [-0.2, -0.15) is 0 Å². The highest BCUT2D eigenvalue weighted by Gasteiger charge is 2.19. The molecule has 1 fully saturated rings. The third-order valence-corrected chi connectivity index (χ3v) is 4.09. The van der Waals surface area contributed by atoms with E-state index in [1.165, 1.54) is 31.9 Å². The van der Waals surface area contributed by atoms with Crippen molar-refractivity contribution in [1.29, 1.82) is 0 Å². The standard InChI is InChI=1S/C11H19N3O2S/c1-17(15,16)9-7-13-11-12-6-8-14(11)10-4-2-3-5-10/h6,8,10H,2-5,7,9H2,1H3,(H,12,13). The van der Waals surface area contributed by atoms with E-state index in [1.807, 2.05) is 6.20 Å². The number of sulfone groups is 1. The van der Waals surface area contributed by atoms with Gasteiger partial charge in [-0.05, 0) is 12.8 Å². The minimum absolute atomic E-state index is 0.143. The summed E-state index contributed by atoms with van der Waals surface area (Å²) in [5.74, 6) is 0.936. The lowest BCUT2D eigenvalue weighted by Gasteiger charge is -2.15. The lowest BCUT2D eigenvalue weighted by atomic mass is 10.2. The number of imidazole rings is 1. The van der Waals surface area contributed by atoms with E-state index in [1.54, 1.807) is 6.20 Å². The average Bonchev–Trinajstić information content (AvgIpc) is 2.82. The number of nitrogens with one attached hydrogen (secondary N) is 1. The van der Waals surface area contributed by atoms with Crippen LogP contribution in [0.2, 0.25) is 0 Å². The van der Waals surface area contributed by atoms with Crippen LogP contribution in [0.5, 0.6) is 0 Å². The molecule has 0 aliphatic heterocycles. The van der Waals surface area contributed by atoms with Gasteiger partial charge in [0, 0.05) is 31.2 Å². The molecule has 1 heterocycles. The van der Waals surface area contributed by atoms with Crippen LogP contribution in [-0.4, -0.2) is 36.5 Å². The van der Waals surface area contributed by atoms with E-state index in [0.717, 1.165) is 5.95 Å². The summed E-state index contributed by atoms with van der Waals surface area (Å²) in [4.78, 5) is 4.24. The summed E-state index contributed by atoms with van der Waals surface area (Å²) >= 11 is 0. The maximum Gasteiger partial charge on any atom is 0.203 e. The van der Waals surface area contributed by atoms with E-state index in [-0.39, 0.29) is 5.75 Å². The first-order valence-corrected chi connectivity index (χ1v) is 8.07. The van der Waals surface area contributed by atoms with Gasteiger partial charge >= 0.3 is 0 Å². The number of anilines is 1. The van der Waals surface area contributed by atoms with Crippen molar-refractivity contribution in [3.05, 3.63) is 12.4 Å². The van der Waals surface area contributed by atoms with Crippen LogP contribution in [-0.2, 0) is 9.84 Å². The zero-order chi connectivity index (χ0) is 12.3. The van der Waals surface area contributed by atoms with Crippen LogP contribution in [0.3, 0.4) is 0 Å².